The molecule has 0 unspecified atom stereocenters. The van der Waals surface area contributed by atoms with E-state index in [9.17, 15) is 13.6 Å². The number of hydrogen-bond donors (Lipinski definition) is 2. The lowest BCUT2D eigenvalue weighted by atomic mass is 9.96. The van der Waals surface area contributed by atoms with E-state index in [4.69, 9.17) is 10.3 Å². The molecule has 1 aromatic heterocycles. The first-order valence-corrected chi connectivity index (χ1v) is 7.44. The number of carbonyl (C=O) groups is 1. The molecule has 0 aliphatic carbocycles. The fourth-order valence-electron chi connectivity index (χ4n) is 1.88. The van der Waals surface area contributed by atoms with Gasteiger partial charge in [-0.3, -0.25) is 4.79 Å². The number of rotatable bonds is 5. The molecule has 0 atom stereocenters. The summed E-state index contributed by atoms with van der Waals surface area (Å²) in [4.78, 5) is 16.5. The van der Waals surface area contributed by atoms with Gasteiger partial charge >= 0.3 is 0 Å². The summed E-state index contributed by atoms with van der Waals surface area (Å²) in [5.74, 6) is -3.16. The van der Waals surface area contributed by atoms with Crippen LogP contribution in [0.2, 0.25) is 0 Å². The Bertz CT molecular complexity index is 723. The number of nitrogens with zero attached hydrogens (tertiary/aromatic N) is 2. The van der Waals surface area contributed by atoms with Gasteiger partial charge in [0.2, 0.25) is 0 Å². The Morgan fingerprint density at radius 2 is 1.96 bits per heavy atom. The van der Waals surface area contributed by atoms with Gasteiger partial charge in [-0.2, -0.15) is 4.98 Å². The van der Waals surface area contributed by atoms with Crippen LogP contribution in [-0.4, -0.2) is 35.1 Å². The Labute approximate surface area is 138 Å². The number of benzene rings is 1. The van der Waals surface area contributed by atoms with E-state index < -0.39 is 24.9 Å². The van der Waals surface area contributed by atoms with Crippen LogP contribution in [0.5, 0.6) is 0 Å². The molecule has 0 aliphatic heterocycles. The molecule has 0 bridgehead atoms. The molecule has 8 heteroatoms. The minimum absolute atomic E-state index is 0.163. The molecular formula is C16H20F2N4O2. The van der Waals surface area contributed by atoms with Crippen molar-refractivity contribution in [2.75, 3.05) is 13.1 Å². The first kappa shape index (κ1) is 18.0. The van der Waals surface area contributed by atoms with Gasteiger partial charge in [0, 0.05) is 5.41 Å². The number of alkyl halides is 2. The lowest BCUT2D eigenvalue weighted by molar-refractivity contribution is 0.0119. The minimum Gasteiger partial charge on any atom is -0.346 e. The average Bonchev–Trinajstić information content (AvgIpc) is 3.03. The summed E-state index contributed by atoms with van der Waals surface area (Å²) in [6.45, 7) is 4.10. The van der Waals surface area contributed by atoms with Crippen LogP contribution in [0.1, 0.15) is 37.0 Å². The van der Waals surface area contributed by atoms with Gasteiger partial charge in [-0.1, -0.05) is 38.1 Å². The van der Waals surface area contributed by atoms with E-state index >= 15 is 0 Å². The number of aromatic nitrogens is 2. The second-order valence-electron chi connectivity index (χ2n) is 6.46. The predicted molar refractivity (Wildman–Crippen MR) is 84.8 cm³/mol. The molecule has 1 aromatic carbocycles. The van der Waals surface area contributed by atoms with Gasteiger partial charge in [0.05, 0.1) is 24.2 Å². The maximum atomic E-state index is 13.2. The number of halogens is 2. The van der Waals surface area contributed by atoms with Crippen molar-refractivity contribution in [1.29, 1.82) is 0 Å². The molecule has 0 fully saturated rings. The number of amides is 1. The van der Waals surface area contributed by atoms with Gasteiger partial charge in [-0.05, 0) is 12.1 Å². The maximum absolute atomic E-state index is 13.2. The molecule has 6 nitrogen and oxygen atoms in total. The van der Waals surface area contributed by atoms with Gasteiger partial charge in [0.15, 0.2) is 5.82 Å². The van der Waals surface area contributed by atoms with Crippen molar-refractivity contribution < 1.29 is 18.1 Å². The second kappa shape index (κ2) is 6.64. The van der Waals surface area contributed by atoms with Crippen molar-refractivity contribution in [3.05, 3.63) is 35.7 Å². The highest BCUT2D eigenvalue weighted by atomic mass is 19.3. The average molecular weight is 338 g/mol. The SMILES string of the molecule is CC(C)(C)c1noc(-c2ccccc2C(=O)NCC(F)(F)CN)n1. The Morgan fingerprint density at radius 3 is 2.54 bits per heavy atom. The van der Waals surface area contributed by atoms with Crippen molar-refractivity contribution in [1.82, 2.24) is 15.5 Å². The molecule has 0 saturated heterocycles. The predicted octanol–water partition coefficient (Wildman–Crippen LogP) is 2.36. The van der Waals surface area contributed by atoms with Crippen LogP contribution < -0.4 is 11.1 Å². The van der Waals surface area contributed by atoms with Crippen molar-refractivity contribution in [3.8, 4) is 11.5 Å². The van der Waals surface area contributed by atoms with Crippen molar-refractivity contribution in [3.63, 3.8) is 0 Å². The molecule has 1 heterocycles. The van der Waals surface area contributed by atoms with Crippen LogP contribution in [0, 0.1) is 0 Å². The third-order valence-corrected chi connectivity index (χ3v) is 3.31. The van der Waals surface area contributed by atoms with Gasteiger partial charge in [0.1, 0.15) is 0 Å². The van der Waals surface area contributed by atoms with Crippen LogP contribution in [-0.2, 0) is 5.41 Å². The molecule has 2 rings (SSSR count). The zero-order valence-electron chi connectivity index (χ0n) is 13.8. The van der Waals surface area contributed by atoms with E-state index in [-0.39, 0.29) is 16.9 Å². The van der Waals surface area contributed by atoms with Gasteiger partial charge in [0.25, 0.3) is 17.7 Å². The number of carbonyl (C=O) groups excluding carboxylic acids is 1. The summed E-state index contributed by atoms with van der Waals surface area (Å²) >= 11 is 0. The van der Waals surface area contributed by atoms with Crippen molar-refractivity contribution >= 4 is 5.91 Å². The summed E-state index contributed by atoms with van der Waals surface area (Å²) in [5.41, 5.74) is 5.20. The third kappa shape index (κ3) is 4.14. The minimum atomic E-state index is -3.16. The topological polar surface area (TPSA) is 94.0 Å². The highest BCUT2D eigenvalue weighted by molar-refractivity contribution is 5.99. The second-order valence-corrected chi connectivity index (χ2v) is 6.46. The molecule has 2 aromatic rings. The molecular weight excluding hydrogens is 318 g/mol. The first-order valence-electron chi connectivity index (χ1n) is 7.44. The molecule has 130 valence electrons. The van der Waals surface area contributed by atoms with Crippen LogP contribution in [0.15, 0.2) is 28.8 Å². The zero-order valence-corrected chi connectivity index (χ0v) is 13.8. The normalized spacial score (nSPS) is 12.2. The summed E-state index contributed by atoms with van der Waals surface area (Å²) in [6, 6.07) is 6.45. The van der Waals surface area contributed by atoms with Crippen LogP contribution in [0.25, 0.3) is 11.5 Å². The fourth-order valence-corrected chi connectivity index (χ4v) is 1.88. The van der Waals surface area contributed by atoms with Gasteiger partial charge in [-0.25, -0.2) is 8.78 Å². The lowest BCUT2D eigenvalue weighted by Gasteiger charge is -2.15. The van der Waals surface area contributed by atoms with Crippen LogP contribution in [0.4, 0.5) is 8.78 Å². The number of nitrogens with two attached hydrogens (primary N) is 1. The number of hydrogen-bond acceptors (Lipinski definition) is 5. The van der Waals surface area contributed by atoms with Crippen LogP contribution >= 0.6 is 0 Å². The Kier molecular flexibility index (Phi) is 4.98. The number of nitrogens with one attached hydrogen (secondary N) is 1. The summed E-state index contributed by atoms with van der Waals surface area (Å²) in [6.07, 6.45) is 0. The Morgan fingerprint density at radius 1 is 1.29 bits per heavy atom. The molecule has 0 radical (unpaired) electrons. The third-order valence-electron chi connectivity index (χ3n) is 3.31. The molecule has 0 saturated carbocycles. The zero-order chi connectivity index (χ0) is 18.0. The molecule has 0 aliphatic rings. The summed E-state index contributed by atoms with van der Waals surface area (Å²) < 4.78 is 31.6. The highest BCUT2D eigenvalue weighted by Gasteiger charge is 2.28. The lowest BCUT2D eigenvalue weighted by Crippen LogP contribution is -2.41. The van der Waals surface area contributed by atoms with Crippen LogP contribution in [0.3, 0.4) is 0 Å². The van der Waals surface area contributed by atoms with E-state index in [1.54, 1.807) is 18.2 Å². The van der Waals surface area contributed by atoms with Gasteiger partial charge < -0.3 is 15.6 Å². The monoisotopic (exact) mass is 338 g/mol. The Hall–Kier alpha value is -2.35. The summed E-state index contributed by atoms with van der Waals surface area (Å²) in [7, 11) is 0. The molecule has 3 N–H and O–H groups in total. The Balaban J connectivity index is 2.27. The largest absolute Gasteiger partial charge is 0.346 e. The molecule has 1 amide bonds. The van der Waals surface area contributed by atoms with Crippen molar-refractivity contribution in [2.24, 2.45) is 5.73 Å². The van der Waals surface area contributed by atoms with E-state index in [1.165, 1.54) is 6.07 Å². The smallest absolute Gasteiger partial charge is 0.277 e. The van der Waals surface area contributed by atoms with E-state index in [1.807, 2.05) is 20.8 Å². The fraction of sp³-hybridized carbons (Fsp3) is 0.438. The molecule has 0 spiro atoms. The standard InChI is InChI=1S/C16H20F2N4O2/c1-15(2,3)14-21-13(24-22-14)11-7-5-4-6-10(11)12(23)20-9-16(17,18)8-19/h4-7H,8-9,19H2,1-3H3,(H,20,23). The first-order chi connectivity index (χ1) is 11.1. The van der Waals surface area contributed by atoms with Crippen molar-refractivity contribution in [2.45, 2.75) is 32.1 Å². The molecule has 24 heavy (non-hydrogen) atoms. The maximum Gasteiger partial charge on any atom is 0.277 e. The van der Waals surface area contributed by atoms with E-state index in [2.05, 4.69) is 15.5 Å². The van der Waals surface area contributed by atoms with Gasteiger partial charge in [-0.15, -0.1) is 0 Å². The highest BCUT2D eigenvalue weighted by Crippen LogP contribution is 2.26. The van der Waals surface area contributed by atoms with E-state index in [0.29, 0.717) is 11.4 Å². The quantitative estimate of drug-likeness (QED) is 0.873. The van der Waals surface area contributed by atoms with E-state index in [0.717, 1.165) is 0 Å². The summed E-state index contributed by atoms with van der Waals surface area (Å²) in [5, 5.41) is 6.09.